The predicted molar refractivity (Wildman–Crippen MR) is 150 cm³/mol. The number of rotatable bonds is 6. The van der Waals surface area contributed by atoms with Crippen LogP contribution in [0.15, 0.2) is 46.9 Å². The Balaban J connectivity index is 1.31. The number of hydrogen-bond acceptors (Lipinski definition) is 9. The number of hydrogen-bond donors (Lipinski definition) is 1. The molecule has 0 radical (unpaired) electrons. The van der Waals surface area contributed by atoms with Gasteiger partial charge in [-0.15, -0.1) is 0 Å². The summed E-state index contributed by atoms with van der Waals surface area (Å²) in [7, 11) is 0. The summed E-state index contributed by atoms with van der Waals surface area (Å²) in [6.45, 7) is 2.11. The summed E-state index contributed by atoms with van der Waals surface area (Å²) >= 11 is 0. The van der Waals surface area contributed by atoms with Crippen molar-refractivity contribution in [2.45, 2.75) is 63.6 Å². The van der Waals surface area contributed by atoms with Gasteiger partial charge in [0.15, 0.2) is 17.2 Å². The third-order valence-electron chi connectivity index (χ3n) is 8.62. The second-order valence-electron chi connectivity index (χ2n) is 11.3. The Kier molecular flexibility index (Phi) is 6.74. The highest BCUT2D eigenvalue weighted by atomic mass is 19.3. The van der Waals surface area contributed by atoms with Crippen LogP contribution in [-0.2, 0) is 9.74 Å². The van der Waals surface area contributed by atoms with E-state index < -0.39 is 30.4 Å². The number of carbonyl (C=O) groups is 1. The van der Waals surface area contributed by atoms with E-state index in [1.54, 1.807) is 42.5 Å². The minimum absolute atomic E-state index is 0.0109. The van der Waals surface area contributed by atoms with E-state index in [1.165, 1.54) is 4.90 Å². The Hall–Kier alpha value is -4.55. The zero-order chi connectivity index (χ0) is 29.8. The molecule has 4 atom stereocenters. The average molecular weight is 596 g/mol. The highest BCUT2D eigenvalue weighted by molar-refractivity contribution is 6.06. The van der Waals surface area contributed by atoms with Crippen molar-refractivity contribution in [3.63, 3.8) is 0 Å². The fourth-order valence-corrected chi connectivity index (χ4v) is 6.61. The normalized spacial score (nSPS) is 22.7. The molecule has 0 bridgehead atoms. The largest absolute Gasteiger partial charge is 0.506 e. The molecule has 4 heterocycles. The summed E-state index contributed by atoms with van der Waals surface area (Å²) in [5.74, 6) is -1.71. The van der Waals surface area contributed by atoms with Crippen LogP contribution in [0.4, 0.5) is 19.1 Å². The Bertz CT molecular complexity index is 1840. The first-order valence-electron chi connectivity index (χ1n) is 14.3. The van der Waals surface area contributed by atoms with E-state index >= 15 is 0 Å². The van der Waals surface area contributed by atoms with Gasteiger partial charge in [0.1, 0.15) is 34.5 Å². The third-order valence-corrected chi connectivity index (χ3v) is 8.62. The maximum Gasteiger partial charge on any atom is 0.371 e. The molecule has 3 aromatic heterocycles. The monoisotopic (exact) mass is 595 g/mol. The number of benzene rings is 2. The van der Waals surface area contributed by atoms with Crippen LogP contribution in [0.3, 0.4) is 0 Å². The molecule has 2 fully saturated rings. The third kappa shape index (κ3) is 4.57. The van der Waals surface area contributed by atoms with Gasteiger partial charge in [-0.25, -0.2) is 23.5 Å². The number of furan rings is 1. The molecule has 1 saturated heterocycles. The van der Waals surface area contributed by atoms with Crippen molar-refractivity contribution < 1.29 is 37.3 Å². The van der Waals surface area contributed by atoms with Crippen LogP contribution >= 0.6 is 0 Å². The number of nitrogens with zero attached hydrogens (tertiary/aromatic N) is 5. The molecule has 0 spiro atoms. The Morgan fingerprint density at radius 2 is 1.91 bits per heavy atom. The maximum atomic E-state index is 14.0. The second-order valence-corrected chi connectivity index (χ2v) is 11.3. The summed E-state index contributed by atoms with van der Waals surface area (Å²) in [5.41, 5.74) is 1.72. The molecule has 2 aliphatic rings. The molecule has 5 aromatic rings. The molecule has 2 aromatic carbocycles. The van der Waals surface area contributed by atoms with E-state index in [-0.39, 0.29) is 53.6 Å². The average Bonchev–Trinajstić information content (AvgIpc) is 3.70. The summed E-state index contributed by atoms with van der Waals surface area (Å²) in [4.78, 5) is 30.5. The lowest BCUT2D eigenvalue weighted by atomic mass is 9.85. The molecule has 10 nitrogen and oxygen atoms in total. The molecule has 7 rings (SSSR count). The van der Waals surface area contributed by atoms with E-state index in [9.17, 15) is 23.2 Å². The van der Waals surface area contributed by atoms with Crippen LogP contribution < -0.4 is 9.64 Å². The number of aromatic nitrogens is 4. The minimum atomic E-state index is -3.01. The van der Waals surface area contributed by atoms with Gasteiger partial charge in [0, 0.05) is 22.4 Å². The van der Waals surface area contributed by atoms with Crippen LogP contribution in [0.1, 0.15) is 57.3 Å². The number of imidazole rings is 1. The molecular weight excluding hydrogens is 567 g/mol. The quantitative estimate of drug-likeness (QED) is 0.233. The first-order valence-corrected chi connectivity index (χ1v) is 14.3. The van der Waals surface area contributed by atoms with Gasteiger partial charge in [0.2, 0.25) is 0 Å². The zero-order valence-electron chi connectivity index (χ0n) is 23.1. The van der Waals surface area contributed by atoms with Crippen LogP contribution in [0.5, 0.6) is 11.8 Å². The molecule has 224 valence electrons. The van der Waals surface area contributed by atoms with Crippen LogP contribution in [0.2, 0.25) is 0 Å². The molecule has 1 aliphatic carbocycles. The lowest BCUT2D eigenvalue weighted by molar-refractivity contribution is -0.185. The molecular formula is C30H28F3N5O5. The highest BCUT2D eigenvalue weighted by Crippen LogP contribution is 2.42. The SMILES string of the molecule is C[C@H]1CCCCC1n1c(O[C@H]2C[C@@H](C(=O)OF)N(c3nc(C(F)F)nc4c3oc3ccccc34)C2)nc2cccc(O)c21. The highest BCUT2D eigenvalue weighted by Gasteiger charge is 2.43. The number of carbonyl (C=O) groups excluding carboxylic acids is 1. The van der Waals surface area contributed by atoms with Gasteiger partial charge in [-0.3, -0.25) is 9.51 Å². The van der Waals surface area contributed by atoms with E-state index in [1.807, 2.05) is 4.57 Å². The van der Waals surface area contributed by atoms with Crippen LogP contribution in [0.25, 0.3) is 33.1 Å². The number of alkyl halides is 2. The number of para-hydroxylation sites is 2. The van der Waals surface area contributed by atoms with Crippen LogP contribution in [-0.4, -0.2) is 49.3 Å². The summed E-state index contributed by atoms with van der Waals surface area (Å²) in [5, 5.41) is 11.3. The molecule has 1 saturated carbocycles. The summed E-state index contributed by atoms with van der Waals surface area (Å²) in [6.07, 6.45) is 0.185. The smallest absolute Gasteiger partial charge is 0.371 e. The Morgan fingerprint density at radius 1 is 1.09 bits per heavy atom. The molecule has 1 aliphatic heterocycles. The number of ether oxygens (including phenoxy) is 1. The predicted octanol–water partition coefficient (Wildman–Crippen LogP) is 6.57. The number of phenolic OH excluding ortho intramolecular Hbond substituents is 1. The first-order chi connectivity index (χ1) is 20.8. The summed E-state index contributed by atoms with van der Waals surface area (Å²) in [6, 6.07) is 10.9. The lowest BCUT2D eigenvalue weighted by Crippen LogP contribution is -2.37. The van der Waals surface area contributed by atoms with Crippen LogP contribution in [0, 0.1) is 5.92 Å². The molecule has 0 amide bonds. The van der Waals surface area contributed by atoms with E-state index in [2.05, 4.69) is 26.8 Å². The van der Waals surface area contributed by atoms with Crippen molar-refractivity contribution in [2.75, 3.05) is 11.4 Å². The minimum Gasteiger partial charge on any atom is -0.506 e. The van der Waals surface area contributed by atoms with Gasteiger partial charge in [-0.05, 0) is 43.0 Å². The zero-order valence-corrected chi connectivity index (χ0v) is 23.1. The first kappa shape index (κ1) is 27.3. The van der Waals surface area contributed by atoms with Crippen molar-refractivity contribution >= 4 is 44.9 Å². The fraction of sp³-hybridized carbons (Fsp3) is 0.400. The lowest BCUT2D eigenvalue weighted by Gasteiger charge is -2.31. The van der Waals surface area contributed by atoms with E-state index in [0.29, 0.717) is 22.0 Å². The Morgan fingerprint density at radius 3 is 2.70 bits per heavy atom. The van der Waals surface area contributed by atoms with Crippen molar-refractivity contribution in [1.82, 2.24) is 19.5 Å². The van der Waals surface area contributed by atoms with Gasteiger partial charge in [0.25, 0.3) is 12.4 Å². The number of anilines is 1. The molecule has 1 N–H and O–H groups in total. The van der Waals surface area contributed by atoms with Crippen molar-refractivity contribution in [2.24, 2.45) is 5.92 Å². The van der Waals surface area contributed by atoms with Crippen molar-refractivity contribution in [3.8, 4) is 11.8 Å². The van der Waals surface area contributed by atoms with Gasteiger partial charge >= 0.3 is 5.97 Å². The van der Waals surface area contributed by atoms with Crippen molar-refractivity contribution in [1.29, 1.82) is 0 Å². The number of fused-ring (bicyclic) bond motifs is 4. The van der Waals surface area contributed by atoms with Gasteiger partial charge in [0.05, 0.1) is 12.1 Å². The summed E-state index contributed by atoms with van der Waals surface area (Å²) < 4.78 is 55.6. The van der Waals surface area contributed by atoms with Gasteiger partial charge in [-0.2, -0.15) is 4.98 Å². The second kappa shape index (κ2) is 10.6. The fourth-order valence-electron chi connectivity index (χ4n) is 6.61. The number of aromatic hydroxyl groups is 1. The van der Waals surface area contributed by atoms with E-state index in [0.717, 1.165) is 25.7 Å². The molecule has 1 unspecified atom stereocenters. The topological polar surface area (TPSA) is 116 Å². The Labute approximate surface area is 242 Å². The van der Waals surface area contributed by atoms with E-state index in [4.69, 9.17) is 9.15 Å². The van der Waals surface area contributed by atoms with Gasteiger partial charge in [-0.1, -0.05) is 38.0 Å². The van der Waals surface area contributed by atoms with Crippen molar-refractivity contribution in [3.05, 3.63) is 48.3 Å². The molecule has 13 heteroatoms. The standard InChI is InChI=1S/C30H28F3N5O5/c1-15-7-2-4-10-19(15)38-24-18(9-6-11-21(24)39)34-30(38)41-16-13-20(29(40)43-33)37(14-16)28-25-23(35-27(36-28)26(31)32)17-8-3-5-12-22(17)42-25/h3,5-6,8-9,11-12,15-16,19-20,26,39H,2,4,7,10,13-14H2,1H3/t15-,16-,19?,20-/m0/s1. The molecule has 43 heavy (non-hydrogen) atoms. The number of halogens is 3. The maximum absolute atomic E-state index is 14.0. The van der Waals surface area contributed by atoms with Gasteiger partial charge < -0.3 is 19.2 Å². The number of phenols is 1.